The van der Waals surface area contributed by atoms with E-state index in [0.29, 0.717) is 39.7 Å². The Morgan fingerprint density at radius 2 is 1.94 bits per heavy atom. The second-order valence-corrected chi connectivity index (χ2v) is 8.07. The molecule has 1 N–H and O–H groups in total. The summed E-state index contributed by atoms with van der Waals surface area (Å²) in [7, 11) is 1.58. The molecule has 8 nitrogen and oxygen atoms in total. The maximum absolute atomic E-state index is 13.2. The normalized spacial score (nSPS) is 12.0. The summed E-state index contributed by atoms with van der Waals surface area (Å²) in [5, 5.41) is 12.4. The van der Waals surface area contributed by atoms with Crippen LogP contribution in [0.3, 0.4) is 0 Å². The molecular weight excluding hydrogens is 444 g/mol. The van der Waals surface area contributed by atoms with Gasteiger partial charge in [0.15, 0.2) is 5.52 Å². The van der Waals surface area contributed by atoms with E-state index in [9.17, 15) is 9.59 Å². The van der Waals surface area contributed by atoms with Crippen LogP contribution in [0.25, 0.3) is 22.2 Å². The van der Waals surface area contributed by atoms with E-state index < -0.39 is 11.6 Å². The molecule has 2 aromatic heterocycles. The van der Waals surface area contributed by atoms with E-state index in [1.165, 1.54) is 4.68 Å². The van der Waals surface area contributed by atoms with Crippen molar-refractivity contribution in [3.8, 4) is 17.0 Å². The summed E-state index contributed by atoms with van der Waals surface area (Å²) >= 11 is 6.18. The number of aryl methyl sites for hydroxylation is 2. The zero-order chi connectivity index (χ0) is 23.7. The molecule has 0 fully saturated rings. The first-order chi connectivity index (χ1) is 15.8. The van der Waals surface area contributed by atoms with Crippen LogP contribution < -0.4 is 15.6 Å². The van der Waals surface area contributed by atoms with Gasteiger partial charge in [0.1, 0.15) is 23.2 Å². The number of halogens is 1. The molecule has 33 heavy (non-hydrogen) atoms. The van der Waals surface area contributed by atoms with Gasteiger partial charge in [0, 0.05) is 16.3 Å². The lowest BCUT2D eigenvalue weighted by Crippen LogP contribution is -2.35. The molecule has 0 saturated heterocycles. The average molecular weight is 467 g/mol. The number of carbonyl (C=O) groups is 1. The summed E-state index contributed by atoms with van der Waals surface area (Å²) < 4.78 is 11.7. The lowest BCUT2D eigenvalue weighted by Gasteiger charge is -2.18. The molecule has 0 aliphatic carbocycles. The Kier molecular flexibility index (Phi) is 6.20. The zero-order valence-corrected chi connectivity index (χ0v) is 19.4. The molecule has 0 saturated carbocycles. The summed E-state index contributed by atoms with van der Waals surface area (Å²) in [6.07, 6.45) is 0.336. The molecule has 4 rings (SSSR count). The van der Waals surface area contributed by atoms with Crippen LogP contribution in [-0.4, -0.2) is 28.0 Å². The third-order valence-corrected chi connectivity index (χ3v) is 5.91. The monoisotopic (exact) mass is 466 g/mol. The highest BCUT2D eigenvalue weighted by Gasteiger charge is 2.26. The van der Waals surface area contributed by atoms with Gasteiger partial charge in [-0.1, -0.05) is 29.7 Å². The van der Waals surface area contributed by atoms with Gasteiger partial charge in [-0.05, 0) is 62.2 Å². The molecule has 2 aromatic carbocycles. The summed E-state index contributed by atoms with van der Waals surface area (Å²) in [4.78, 5) is 26.4. The maximum atomic E-state index is 13.2. The van der Waals surface area contributed by atoms with Gasteiger partial charge < -0.3 is 14.6 Å². The third kappa shape index (κ3) is 4.21. The first-order valence-electron chi connectivity index (χ1n) is 10.4. The van der Waals surface area contributed by atoms with Crippen LogP contribution in [0.15, 0.2) is 51.8 Å². The SMILES string of the molecule is CCC(C(=O)Nc1ccc(C)c(Cl)c1)n1nc(-c2ccc(OC)cc2)c2c(C)onc2c1=O. The Hall–Kier alpha value is -3.65. The number of ether oxygens (including phenoxy) is 1. The van der Waals surface area contributed by atoms with E-state index in [1.54, 1.807) is 38.3 Å². The Labute approximate surface area is 195 Å². The van der Waals surface area contributed by atoms with Gasteiger partial charge in [-0.3, -0.25) is 9.59 Å². The second kappa shape index (κ2) is 9.07. The molecule has 0 radical (unpaired) electrons. The van der Waals surface area contributed by atoms with Crippen molar-refractivity contribution in [3.63, 3.8) is 0 Å². The lowest BCUT2D eigenvalue weighted by molar-refractivity contribution is -0.119. The predicted molar refractivity (Wildman–Crippen MR) is 127 cm³/mol. The van der Waals surface area contributed by atoms with Crippen LogP contribution in [0.2, 0.25) is 5.02 Å². The smallest absolute Gasteiger partial charge is 0.297 e. The minimum atomic E-state index is -0.865. The van der Waals surface area contributed by atoms with Crippen molar-refractivity contribution in [1.82, 2.24) is 14.9 Å². The quantitative estimate of drug-likeness (QED) is 0.433. The van der Waals surface area contributed by atoms with Crippen LogP contribution in [0.1, 0.15) is 30.7 Å². The highest BCUT2D eigenvalue weighted by molar-refractivity contribution is 6.31. The van der Waals surface area contributed by atoms with Gasteiger partial charge in [0.25, 0.3) is 5.56 Å². The highest BCUT2D eigenvalue weighted by Crippen LogP contribution is 2.29. The molecule has 4 aromatic rings. The van der Waals surface area contributed by atoms with Gasteiger partial charge in [0.05, 0.1) is 12.5 Å². The van der Waals surface area contributed by atoms with E-state index in [0.717, 1.165) is 11.1 Å². The number of benzene rings is 2. The molecule has 1 amide bonds. The molecule has 0 spiro atoms. The fraction of sp³-hybridized carbons (Fsp3) is 0.250. The molecule has 9 heteroatoms. The Morgan fingerprint density at radius 1 is 1.21 bits per heavy atom. The third-order valence-electron chi connectivity index (χ3n) is 5.51. The summed E-state index contributed by atoms with van der Waals surface area (Å²) in [5.41, 5.74) is 2.30. The van der Waals surface area contributed by atoms with E-state index in [1.807, 2.05) is 32.0 Å². The number of rotatable bonds is 6. The zero-order valence-electron chi connectivity index (χ0n) is 18.7. The molecular formula is C24H23ClN4O4. The molecule has 1 atom stereocenters. The Balaban J connectivity index is 1.81. The highest BCUT2D eigenvalue weighted by atomic mass is 35.5. The van der Waals surface area contributed by atoms with Gasteiger partial charge in [-0.15, -0.1) is 0 Å². The molecule has 0 aliphatic rings. The first-order valence-corrected chi connectivity index (χ1v) is 10.8. The minimum Gasteiger partial charge on any atom is -0.497 e. The number of hydrogen-bond acceptors (Lipinski definition) is 6. The fourth-order valence-electron chi connectivity index (χ4n) is 3.64. The number of aromatic nitrogens is 3. The number of carbonyl (C=O) groups excluding carboxylic acids is 1. The summed E-state index contributed by atoms with van der Waals surface area (Å²) in [6, 6.07) is 11.6. The van der Waals surface area contributed by atoms with E-state index in [4.69, 9.17) is 20.9 Å². The number of fused-ring (bicyclic) bond motifs is 1. The van der Waals surface area contributed by atoms with Crippen molar-refractivity contribution >= 4 is 34.1 Å². The number of methoxy groups -OCH3 is 1. The molecule has 0 bridgehead atoms. The average Bonchev–Trinajstić information content (AvgIpc) is 3.20. The van der Waals surface area contributed by atoms with Crippen molar-refractivity contribution in [1.29, 1.82) is 0 Å². The van der Waals surface area contributed by atoms with Crippen molar-refractivity contribution in [2.75, 3.05) is 12.4 Å². The molecule has 0 aliphatic heterocycles. The van der Waals surface area contributed by atoms with Crippen molar-refractivity contribution < 1.29 is 14.1 Å². The minimum absolute atomic E-state index is 0.123. The van der Waals surface area contributed by atoms with Crippen molar-refractivity contribution in [2.45, 2.75) is 33.2 Å². The van der Waals surface area contributed by atoms with Crippen LogP contribution in [0.4, 0.5) is 5.69 Å². The van der Waals surface area contributed by atoms with Crippen molar-refractivity contribution in [3.05, 3.63) is 69.2 Å². The van der Waals surface area contributed by atoms with E-state index in [2.05, 4.69) is 15.6 Å². The first kappa shape index (κ1) is 22.5. The van der Waals surface area contributed by atoms with Crippen LogP contribution in [0, 0.1) is 13.8 Å². The maximum Gasteiger partial charge on any atom is 0.297 e. The molecule has 1 unspecified atom stereocenters. The van der Waals surface area contributed by atoms with Gasteiger partial charge in [-0.25, -0.2) is 4.68 Å². The van der Waals surface area contributed by atoms with Gasteiger partial charge >= 0.3 is 0 Å². The number of amides is 1. The fourth-order valence-corrected chi connectivity index (χ4v) is 3.82. The molecule has 2 heterocycles. The Morgan fingerprint density at radius 3 is 2.58 bits per heavy atom. The largest absolute Gasteiger partial charge is 0.497 e. The van der Waals surface area contributed by atoms with Crippen LogP contribution >= 0.6 is 11.6 Å². The number of nitrogens with zero attached hydrogens (tertiary/aromatic N) is 3. The Bertz CT molecular complexity index is 1390. The predicted octanol–water partition coefficient (Wildman–Crippen LogP) is 4.92. The van der Waals surface area contributed by atoms with Crippen molar-refractivity contribution in [2.24, 2.45) is 0 Å². The topological polar surface area (TPSA) is 99.2 Å². The van der Waals surface area contributed by atoms with Gasteiger partial charge in [-0.2, -0.15) is 5.10 Å². The van der Waals surface area contributed by atoms with Crippen LogP contribution in [-0.2, 0) is 4.79 Å². The number of anilines is 1. The number of hydrogen-bond donors (Lipinski definition) is 1. The van der Waals surface area contributed by atoms with E-state index >= 15 is 0 Å². The van der Waals surface area contributed by atoms with Crippen LogP contribution in [0.5, 0.6) is 5.75 Å². The summed E-state index contributed by atoms with van der Waals surface area (Å²) in [6.45, 7) is 5.41. The van der Waals surface area contributed by atoms with Gasteiger partial charge in [0.2, 0.25) is 5.91 Å². The standard InChI is InChI=1S/C24H23ClN4O4/c1-5-19(23(30)26-16-9-6-13(2)18(25)12-16)29-24(31)22-20(14(3)33-28-22)21(27-29)15-7-10-17(32-4)11-8-15/h6-12,19H,5H2,1-4H3,(H,26,30). The lowest BCUT2D eigenvalue weighted by atomic mass is 10.1. The summed E-state index contributed by atoms with van der Waals surface area (Å²) in [5.74, 6) is 0.777. The number of nitrogens with one attached hydrogen (secondary N) is 1. The second-order valence-electron chi connectivity index (χ2n) is 7.67. The van der Waals surface area contributed by atoms with E-state index in [-0.39, 0.29) is 11.4 Å². The molecule has 170 valence electrons.